The van der Waals surface area contributed by atoms with Crippen molar-refractivity contribution in [1.29, 1.82) is 0 Å². The Bertz CT molecular complexity index is 714. The summed E-state index contributed by atoms with van der Waals surface area (Å²) in [4.78, 5) is 17.0. The van der Waals surface area contributed by atoms with Crippen LogP contribution in [-0.4, -0.2) is 77.5 Å². The van der Waals surface area contributed by atoms with E-state index in [0.29, 0.717) is 18.7 Å². The molecule has 1 amide bonds. The van der Waals surface area contributed by atoms with Crippen LogP contribution in [0.4, 0.5) is 0 Å². The number of carbonyl (C=O) groups is 1. The SMILES string of the molecule is Cc1ccc(O)c(C(=O)N2CCC3(CC2)COC(CN2CCCC(O)C2)C3)c1. The Labute approximate surface area is 167 Å². The lowest BCUT2D eigenvalue weighted by atomic mass is 9.76. The number of rotatable bonds is 3. The van der Waals surface area contributed by atoms with Crippen LogP contribution in [-0.2, 0) is 4.74 Å². The molecular weight excluding hydrogens is 356 g/mol. The summed E-state index contributed by atoms with van der Waals surface area (Å²) in [7, 11) is 0. The zero-order valence-electron chi connectivity index (χ0n) is 16.8. The van der Waals surface area contributed by atoms with E-state index in [1.54, 1.807) is 12.1 Å². The molecular formula is C22H32N2O4. The molecule has 28 heavy (non-hydrogen) atoms. The fraction of sp³-hybridized carbons (Fsp3) is 0.682. The van der Waals surface area contributed by atoms with E-state index in [1.807, 2.05) is 17.9 Å². The molecule has 2 atom stereocenters. The van der Waals surface area contributed by atoms with E-state index < -0.39 is 0 Å². The molecule has 1 aromatic carbocycles. The Morgan fingerprint density at radius 2 is 2.07 bits per heavy atom. The Morgan fingerprint density at radius 3 is 2.82 bits per heavy atom. The lowest BCUT2D eigenvalue weighted by Gasteiger charge is -2.38. The summed E-state index contributed by atoms with van der Waals surface area (Å²) >= 11 is 0. The van der Waals surface area contributed by atoms with Gasteiger partial charge in [-0.25, -0.2) is 0 Å². The number of aryl methyl sites for hydroxylation is 1. The van der Waals surface area contributed by atoms with Gasteiger partial charge < -0.3 is 19.8 Å². The summed E-state index contributed by atoms with van der Waals surface area (Å²) in [5, 5.41) is 19.9. The highest BCUT2D eigenvalue weighted by molar-refractivity contribution is 5.97. The number of phenols is 1. The topological polar surface area (TPSA) is 73.2 Å². The van der Waals surface area contributed by atoms with Gasteiger partial charge in [0.1, 0.15) is 5.75 Å². The van der Waals surface area contributed by atoms with Gasteiger partial charge in [0.15, 0.2) is 0 Å². The molecule has 3 fully saturated rings. The Kier molecular flexibility index (Phi) is 5.63. The minimum atomic E-state index is -0.198. The maximum absolute atomic E-state index is 12.8. The predicted octanol–water partition coefficient (Wildman–Crippen LogP) is 2.17. The fourth-order valence-electron chi connectivity index (χ4n) is 5.02. The van der Waals surface area contributed by atoms with Crippen molar-refractivity contribution >= 4 is 5.91 Å². The number of aromatic hydroxyl groups is 1. The number of likely N-dealkylation sites (tertiary alicyclic amines) is 2. The third-order valence-electron chi connectivity index (χ3n) is 6.72. The molecule has 2 unspecified atom stereocenters. The zero-order valence-corrected chi connectivity index (χ0v) is 16.8. The van der Waals surface area contributed by atoms with Crippen LogP contribution in [0.5, 0.6) is 5.75 Å². The first-order valence-electron chi connectivity index (χ1n) is 10.6. The summed E-state index contributed by atoms with van der Waals surface area (Å²) in [6.07, 6.45) is 4.94. The van der Waals surface area contributed by atoms with Crippen LogP contribution in [0.25, 0.3) is 0 Å². The van der Waals surface area contributed by atoms with E-state index in [9.17, 15) is 15.0 Å². The molecule has 3 aliphatic rings. The van der Waals surface area contributed by atoms with Crippen molar-refractivity contribution in [1.82, 2.24) is 9.80 Å². The van der Waals surface area contributed by atoms with Crippen molar-refractivity contribution in [2.24, 2.45) is 5.41 Å². The largest absolute Gasteiger partial charge is 0.507 e. The van der Waals surface area contributed by atoms with Crippen LogP contribution in [0.2, 0.25) is 0 Å². The van der Waals surface area contributed by atoms with E-state index in [-0.39, 0.29) is 29.3 Å². The molecule has 0 radical (unpaired) electrons. The number of carbonyl (C=O) groups excluding carboxylic acids is 1. The van der Waals surface area contributed by atoms with E-state index >= 15 is 0 Å². The zero-order chi connectivity index (χ0) is 19.7. The first-order chi connectivity index (χ1) is 13.4. The average Bonchev–Trinajstić information content (AvgIpc) is 3.06. The number of hydrogen-bond acceptors (Lipinski definition) is 5. The second kappa shape index (κ2) is 8.01. The highest BCUT2D eigenvalue weighted by atomic mass is 16.5. The Balaban J connectivity index is 1.31. The van der Waals surface area contributed by atoms with Gasteiger partial charge in [0.2, 0.25) is 0 Å². The number of amides is 1. The minimum absolute atomic E-state index is 0.0591. The highest BCUT2D eigenvalue weighted by Gasteiger charge is 2.43. The summed E-state index contributed by atoms with van der Waals surface area (Å²) < 4.78 is 6.13. The monoisotopic (exact) mass is 388 g/mol. The number of ether oxygens (including phenoxy) is 1. The molecule has 1 spiro atoms. The van der Waals surface area contributed by atoms with Gasteiger partial charge in [-0.05, 0) is 63.1 Å². The number of β-amino-alcohol motifs (C(OH)–C–C–N with tert-alkyl or cyclic N) is 1. The van der Waals surface area contributed by atoms with Gasteiger partial charge in [0.05, 0.1) is 24.4 Å². The quantitative estimate of drug-likeness (QED) is 0.830. The van der Waals surface area contributed by atoms with E-state index in [0.717, 1.165) is 63.9 Å². The first kappa shape index (κ1) is 19.7. The number of aliphatic hydroxyl groups is 1. The third-order valence-corrected chi connectivity index (χ3v) is 6.72. The number of benzene rings is 1. The molecule has 1 aromatic rings. The van der Waals surface area contributed by atoms with Crippen LogP contribution >= 0.6 is 0 Å². The van der Waals surface area contributed by atoms with Crippen molar-refractivity contribution in [3.8, 4) is 5.75 Å². The van der Waals surface area contributed by atoms with Crippen LogP contribution in [0.3, 0.4) is 0 Å². The summed E-state index contributed by atoms with van der Waals surface area (Å²) in [5.41, 5.74) is 1.55. The smallest absolute Gasteiger partial charge is 0.257 e. The van der Waals surface area contributed by atoms with E-state index in [2.05, 4.69) is 4.90 Å². The van der Waals surface area contributed by atoms with Crippen molar-refractivity contribution in [2.75, 3.05) is 39.3 Å². The molecule has 3 heterocycles. The number of phenolic OH excluding ortho intramolecular Hbond substituents is 1. The first-order valence-corrected chi connectivity index (χ1v) is 10.6. The summed E-state index contributed by atoms with van der Waals surface area (Å²) in [6.45, 7) is 6.83. The maximum Gasteiger partial charge on any atom is 0.257 e. The maximum atomic E-state index is 12.8. The van der Waals surface area contributed by atoms with Gasteiger partial charge in [0, 0.05) is 26.2 Å². The molecule has 0 aliphatic carbocycles. The van der Waals surface area contributed by atoms with Crippen LogP contribution in [0, 0.1) is 12.3 Å². The number of hydrogen-bond donors (Lipinski definition) is 2. The standard InChI is InChI=1S/C22H32N2O4/c1-16-4-5-20(26)19(11-16)21(27)24-9-6-22(7-10-24)12-18(28-15-22)14-23-8-2-3-17(25)13-23/h4-5,11,17-18,25-26H,2-3,6-10,12-15H2,1H3. The van der Waals surface area contributed by atoms with E-state index in [4.69, 9.17) is 4.74 Å². The summed E-state index contributed by atoms with van der Waals surface area (Å²) in [5.74, 6) is -0.0160. The lowest BCUT2D eigenvalue weighted by Crippen LogP contribution is -2.44. The molecule has 154 valence electrons. The molecule has 6 heteroatoms. The molecule has 0 aromatic heterocycles. The molecule has 2 N–H and O–H groups in total. The lowest BCUT2D eigenvalue weighted by molar-refractivity contribution is 0.0227. The Morgan fingerprint density at radius 1 is 1.29 bits per heavy atom. The van der Waals surface area contributed by atoms with Crippen LogP contribution < -0.4 is 0 Å². The van der Waals surface area contributed by atoms with Crippen LogP contribution in [0.15, 0.2) is 18.2 Å². The van der Waals surface area contributed by atoms with Crippen molar-refractivity contribution < 1.29 is 19.7 Å². The van der Waals surface area contributed by atoms with Gasteiger partial charge in [0.25, 0.3) is 5.91 Å². The Hall–Kier alpha value is -1.63. The fourth-order valence-corrected chi connectivity index (χ4v) is 5.02. The molecule has 0 saturated carbocycles. The normalized spacial score (nSPS) is 28.0. The van der Waals surface area contributed by atoms with Crippen molar-refractivity contribution in [3.63, 3.8) is 0 Å². The molecule has 3 aliphatic heterocycles. The van der Waals surface area contributed by atoms with Crippen LogP contribution in [0.1, 0.15) is 48.0 Å². The number of piperidine rings is 2. The molecule has 3 saturated heterocycles. The van der Waals surface area contributed by atoms with Gasteiger partial charge >= 0.3 is 0 Å². The van der Waals surface area contributed by atoms with Gasteiger partial charge in [-0.2, -0.15) is 0 Å². The van der Waals surface area contributed by atoms with Crippen molar-refractivity contribution in [2.45, 2.75) is 51.2 Å². The third kappa shape index (κ3) is 4.19. The second-order valence-corrected chi connectivity index (χ2v) is 9.01. The van der Waals surface area contributed by atoms with E-state index in [1.165, 1.54) is 0 Å². The molecule has 4 rings (SSSR count). The number of aliphatic hydroxyl groups excluding tert-OH is 1. The molecule has 6 nitrogen and oxygen atoms in total. The average molecular weight is 389 g/mol. The van der Waals surface area contributed by atoms with Gasteiger partial charge in [-0.15, -0.1) is 0 Å². The minimum Gasteiger partial charge on any atom is -0.507 e. The number of nitrogens with zero attached hydrogens (tertiary/aromatic N) is 2. The van der Waals surface area contributed by atoms with Gasteiger partial charge in [-0.1, -0.05) is 11.6 Å². The predicted molar refractivity (Wildman–Crippen MR) is 106 cm³/mol. The van der Waals surface area contributed by atoms with Crippen molar-refractivity contribution in [3.05, 3.63) is 29.3 Å². The second-order valence-electron chi connectivity index (χ2n) is 9.01. The molecule has 0 bridgehead atoms. The highest BCUT2D eigenvalue weighted by Crippen LogP contribution is 2.42. The summed E-state index contributed by atoms with van der Waals surface area (Å²) in [6, 6.07) is 5.18. The van der Waals surface area contributed by atoms with Gasteiger partial charge in [-0.3, -0.25) is 9.69 Å².